The van der Waals surface area contributed by atoms with E-state index in [2.05, 4.69) is 25.9 Å². The normalized spacial score (nSPS) is 23.0. The zero-order valence-corrected chi connectivity index (χ0v) is 18.5. The van der Waals surface area contributed by atoms with E-state index in [4.69, 9.17) is 19.6 Å². The van der Waals surface area contributed by atoms with Crippen LogP contribution >= 0.6 is 12.0 Å². The van der Waals surface area contributed by atoms with Crippen LogP contribution in [0, 0.1) is 5.53 Å². The average Bonchev–Trinajstić information content (AvgIpc) is 2.69. The van der Waals surface area contributed by atoms with Crippen LogP contribution in [0.2, 0.25) is 0 Å². The molecule has 0 bridgehead atoms. The fraction of sp³-hybridized carbons (Fsp3) is 1.00. The van der Waals surface area contributed by atoms with E-state index in [-0.39, 0.29) is 12.1 Å². The summed E-state index contributed by atoms with van der Waals surface area (Å²) >= 11 is 1.41. The van der Waals surface area contributed by atoms with Crippen molar-refractivity contribution >= 4 is 12.0 Å². The molecule has 3 unspecified atom stereocenters. The van der Waals surface area contributed by atoms with Crippen LogP contribution < -0.4 is 0 Å². The van der Waals surface area contributed by atoms with Gasteiger partial charge >= 0.3 is 0 Å². The Morgan fingerprint density at radius 1 is 0.963 bits per heavy atom. The van der Waals surface area contributed by atoms with Crippen LogP contribution in [-0.4, -0.2) is 42.2 Å². The van der Waals surface area contributed by atoms with Crippen molar-refractivity contribution < 1.29 is 14.1 Å². The van der Waals surface area contributed by atoms with Crippen molar-refractivity contribution in [2.24, 2.45) is 5.11 Å². The van der Waals surface area contributed by atoms with Crippen LogP contribution in [0.1, 0.15) is 91.4 Å². The zero-order valence-electron chi connectivity index (χ0n) is 17.7. The van der Waals surface area contributed by atoms with Gasteiger partial charge in [0.15, 0.2) is 0 Å². The number of hydrogen-bond acceptors (Lipinski definition) is 7. The summed E-state index contributed by atoms with van der Waals surface area (Å²) in [5.74, 6) is 0. The Labute approximate surface area is 170 Å². The van der Waals surface area contributed by atoms with Crippen LogP contribution in [-0.2, 0) is 14.1 Å². The molecular formula is C20H41N3O3S. The van der Waals surface area contributed by atoms with Gasteiger partial charge in [0, 0.05) is 37.0 Å². The molecule has 0 amide bonds. The van der Waals surface area contributed by atoms with Crippen LogP contribution in [0.5, 0.6) is 0 Å². The molecule has 160 valence electrons. The van der Waals surface area contributed by atoms with E-state index in [0.717, 1.165) is 71.1 Å². The quantitative estimate of drug-likeness (QED) is 0.101. The zero-order chi connectivity index (χ0) is 19.7. The minimum absolute atomic E-state index is 0.000416. The minimum atomic E-state index is -0.000416. The largest absolute Gasteiger partial charge is 0.376 e. The van der Waals surface area contributed by atoms with Crippen molar-refractivity contribution in [3.63, 3.8) is 0 Å². The van der Waals surface area contributed by atoms with E-state index in [1.165, 1.54) is 31.3 Å². The van der Waals surface area contributed by atoms with Gasteiger partial charge in [-0.25, -0.2) is 5.53 Å². The van der Waals surface area contributed by atoms with Gasteiger partial charge in [0.1, 0.15) is 0 Å². The number of rotatable bonds is 17. The summed E-state index contributed by atoms with van der Waals surface area (Å²) in [5, 5.41) is 6.06. The standard InChI is InChI=1S/C20H41N3O3S/c1-4-7-10-11-16-24-20-17-18(12-13-19(20)22-21)27-26-25-23(14-8-5-2)15-9-6-3/h18-21H,4-17H2,1-3H3. The van der Waals surface area contributed by atoms with Gasteiger partial charge in [-0.05, 0) is 38.5 Å². The summed E-state index contributed by atoms with van der Waals surface area (Å²) in [6.07, 6.45) is 12.1. The first-order valence-corrected chi connectivity index (χ1v) is 11.8. The van der Waals surface area contributed by atoms with Gasteiger partial charge in [-0.3, -0.25) is 0 Å². The van der Waals surface area contributed by atoms with E-state index in [0.29, 0.717) is 5.25 Å². The Kier molecular flexibility index (Phi) is 15.4. The Balaban J connectivity index is 2.31. The van der Waals surface area contributed by atoms with Crippen LogP contribution in [0.25, 0.3) is 0 Å². The van der Waals surface area contributed by atoms with Gasteiger partial charge in [-0.15, -0.1) is 9.32 Å². The average molecular weight is 404 g/mol. The molecule has 1 saturated carbocycles. The number of nitrogens with zero attached hydrogens (tertiary/aromatic N) is 2. The number of ether oxygens (including phenoxy) is 1. The van der Waals surface area contributed by atoms with E-state index in [1.807, 2.05) is 5.06 Å². The van der Waals surface area contributed by atoms with Crippen LogP contribution in [0.3, 0.4) is 0 Å². The molecule has 1 fully saturated rings. The van der Waals surface area contributed by atoms with Gasteiger partial charge in [0.2, 0.25) is 0 Å². The first-order chi connectivity index (χ1) is 13.2. The molecule has 0 saturated heterocycles. The van der Waals surface area contributed by atoms with E-state index in [9.17, 15) is 0 Å². The Hall–Kier alpha value is -0.210. The molecular weight excluding hydrogens is 362 g/mol. The van der Waals surface area contributed by atoms with Gasteiger partial charge in [0.05, 0.1) is 12.1 Å². The lowest BCUT2D eigenvalue weighted by molar-refractivity contribution is -0.360. The lowest BCUT2D eigenvalue weighted by Crippen LogP contribution is -2.36. The first kappa shape index (κ1) is 24.8. The maximum Gasteiger partial charge on any atom is 0.0967 e. The summed E-state index contributed by atoms with van der Waals surface area (Å²) < 4.78 is 11.6. The summed E-state index contributed by atoms with van der Waals surface area (Å²) in [5.41, 5.74) is 7.44. The van der Waals surface area contributed by atoms with Crippen molar-refractivity contribution in [1.82, 2.24) is 5.06 Å². The molecule has 0 radical (unpaired) electrons. The minimum Gasteiger partial charge on any atom is -0.376 e. The molecule has 1 aliphatic rings. The topological polar surface area (TPSA) is 67.1 Å². The van der Waals surface area contributed by atoms with Crippen molar-refractivity contribution in [3.05, 3.63) is 0 Å². The predicted octanol–water partition coefficient (Wildman–Crippen LogP) is 6.32. The molecule has 0 aromatic carbocycles. The predicted molar refractivity (Wildman–Crippen MR) is 112 cm³/mol. The first-order valence-electron chi connectivity index (χ1n) is 11.0. The van der Waals surface area contributed by atoms with E-state index < -0.39 is 0 Å². The second kappa shape index (κ2) is 16.7. The summed E-state index contributed by atoms with van der Waals surface area (Å²) in [6, 6.07) is -0.000416. The third-order valence-corrected chi connectivity index (χ3v) is 5.88. The van der Waals surface area contributed by atoms with Crippen LogP contribution in [0.4, 0.5) is 0 Å². The molecule has 7 heteroatoms. The van der Waals surface area contributed by atoms with Gasteiger partial charge in [-0.1, -0.05) is 52.9 Å². The third kappa shape index (κ3) is 11.4. The molecule has 0 aromatic rings. The maximum absolute atomic E-state index is 7.44. The van der Waals surface area contributed by atoms with Crippen molar-refractivity contribution in [2.45, 2.75) is 109 Å². The van der Waals surface area contributed by atoms with Gasteiger partial charge < -0.3 is 4.74 Å². The SMILES string of the molecule is CCCCCCOC1CC(SOON(CCCC)CCCC)CCC1N=N. The summed E-state index contributed by atoms with van der Waals surface area (Å²) in [6.45, 7) is 9.17. The van der Waals surface area contributed by atoms with E-state index >= 15 is 0 Å². The smallest absolute Gasteiger partial charge is 0.0967 e. The highest BCUT2D eigenvalue weighted by atomic mass is 32.2. The maximum atomic E-state index is 7.44. The molecule has 27 heavy (non-hydrogen) atoms. The number of nitrogens with one attached hydrogen (secondary N) is 1. The molecule has 0 aliphatic heterocycles. The van der Waals surface area contributed by atoms with Gasteiger partial charge in [0.25, 0.3) is 0 Å². The number of hydrogen-bond donors (Lipinski definition) is 1. The van der Waals surface area contributed by atoms with Crippen molar-refractivity contribution in [3.8, 4) is 0 Å². The highest BCUT2D eigenvalue weighted by molar-refractivity contribution is 7.95. The third-order valence-electron chi connectivity index (χ3n) is 5.04. The summed E-state index contributed by atoms with van der Waals surface area (Å²) in [7, 11) is 0. The Bertz CT molecular complexity index is 355. The molecule has 1 N–H and O–H groups in total. The molecule has 3 atom stereocenters. The molecule has 1 aliphatic carbocycles. The Morgan fingerprint density at radius 2 is 1.67 bits per heavy atom. The lowest BCUT2D eigenvalue weighted by Gasteiger charge is -2.32. The number of unbranched alkanes of at least 4 members (excludes halogenated alkanes) is 5. The lowest BCUT2D eigenvalue weighted by atomic mass is 9.92. The molecule has 0 spiro atoms. The monoisotopic (exact) mass is 403 g/mol. The second-order valence-corrected chi connectivity index (χ2v) is 8.47. The van der Waals surface area contributed by atoms with Gasteiger partial charge in [-0.2, -0.15) is 10.2 Å². The Morgan fingerprint density at radius 3 is 2.30 bits per heavy atom. The molecule has 6 nitrogen and oxygen atoms in total. The summed E-state index contributed by atoms with van der Waals surface area (Å²) in [4.78, 5) is 5.56. The number of hydroxylamine groups is 2. The fourth-order valence-corrected chi connectivity index (χ4v) is 3.96. The molecule has 0 aromatic heterocycles. The van der Waals surface area contributed by atoms with Crippen molar-refractivity contribution in [1.29, 1.82) is 5.53 Å². The van der Waals surface area contributed by atoms with Crippen molar-refractivity contribution in [2.75, 3.05) is 19.7 Å². The fourth-order valence-electron chi connectivity index (χ4n) is 3.23. The second-order valence-electron chi connectivity index (χ2n) is 7.48. The highest BCUT2D eigenvalue weighted by Crippen LogP contribution is 2.33. The van der Waals surface area contributed by atoms with Crippen LogP contribution in [0.15, 0.2) is 5.11 Å². The highest BCUT2D eigenvalue weighted by Gasteiger charge is 2.32. The molecule has 1 rings (SSSR count). The molecule has 0 heterocycles. The van der Waals surface area contributed by atoms with E-state index in [1.54, 1.807) is 0 Å².